The van der Waals surface area contributed by atoms with Gasteiger partial charge in [-0.05, 0) is 30.4 Å². The molecule has 2 aromatic carbocycles. The van der Waals surface area contributed by atoms with Crippen molar-refractivity contribution in [2.24, 2.45) is 0 Å². The summed E-state index contributed by atoms with van der Waals surface area (Å²) in [5.41, 5.74) is 4.58. The number of methoxy groups -OCH3 is 1. The summed E-state index contributed by atoms with van der Waals surface area (Å²) >= 11 is 0. The smallest absolute Gasteiger partial charge is 0.318 e. The number of ether oxygens (including phenoxy) is 1. The van der Waals surface area contributed by atoms with Crippen LogP contribution in [0.3, 0.4) is 0 Å². The van der Waals surface area contributed by atoms with E-state index < -0.39 is 0 Å². The Labute approximate surface area is 216 Å². The van der Waals surface area contributed by atoms with Gasteiger partial charge in [-0.2, -0.15) is 15.2 Å². The quantitative estimate of drug-likeness (QED) is 0.536. The number of fused-ring (bicyclic) bond motifs is 2. The zero-order chi connectivity index (χ0) is 25.5. The number of aromatic nitrogens is 2. The molecule has 2 saturated heterocycles. The molecule has 3 aliphatic heterocycles. The normalized spacial score (nSPS) is 20.9. The van der Waals surface area contributed by atoms with Crippen molar-refractivity contribution in [1.29, 1.82) is 5.26 Å². The Kier molecular flexibility index (Phi) is 6.05. The number of nitrogens with one attached hydrogen (secondary N) is 1. The highest BCUT2D eigenvalue weighted by molar-refractivity contribution is 5.97. The van der Waals surface area contributed by atoms with Crippen molar-refractivity contribution in [1.82, 2.24) is 20.2 Å². The number of nitriles is 1. The predicted molar refractivity (Wildman–Crippen MR) is 142 cm³/mol. The second kappa shape index (κ2) is 9.52. The van der Waals surface area contributed by atoms with Gasteiger partial charge in [-0.3, -0.25) is 4.79 Å². The molecule has 0 bridgehead atoms. The molecule has 9 heteroatoms. The molecule has 0 unspecified atom stereocenters. The maximum atomic E-state index is 12.8. The van der Waals surface area contributed by atoms with E-state index in [0.29, 0.717) is 38.6 Å². The van der Waals surface area contributed by atoms with E-state index in [0.717, 1.165) is 36.6 Å². The monoisotopic (exact) mass is 497 g/mol. The largest absolute Gasteiger partial charge is 0.467 e. The van der Waals surface area contributed by atoms with Crippen molar-refractivity contribution in [3.05, 3.63) is 53.2 Å². The lowest BCUT2D eigenvalue weighted by Gasteiger charge is -2.42. The molecule has 37 heavy (non-hydrogen) atoms. The summed E-state index contributed by atoms with van der Waals surface area (Å²) in [6, 6.07) is 15.3. The van der Waals surface area contributed by atoms with Crippen molar-refractivity contribution >= 4 is 28.2 Å². The Morgan fingerprint density at radius 2 is 1.97 bits per heavy atom. The van der Waals surface area contributed by atoms with E-state index in [1.54, 1.807) is 7.11 Å². The molecule has 190 valence electrons. The third-order valence-corrected chi connectivity index (χ3v) is 7.74. The van der Waals surface area contributed by atoms with Crippen molar-refractivity contribution in [3.63, 3.8) is 0 Å². The lowest BCUT2D eigenvalue weighted by molar-refractivity contribution is -0.133. The highest BCUT2D eigenvalue weighted by Crippen LogP contribution is 2.36. The second-order valence-corrected chi connectivity index (χ2v) is 10.0. The molecular formula is C28H31N7O2. The summed E-state index contributed by atoms with van der Waals surface area (Å²) in [4.78, 5) is 28.8. The fourth-order valence-corrected chi connectivity index (χ4v) is 5.77. The maximum Gasteiger partial charge on any atom is 0.318 e. The Morgan fingerprint density at radius 3 is 2.73 bits per heavy atom. The van der Waals surface area contributed by atoms with Gasteiger partial charge in [-0.1, -0.05) is 30.3 Å². The van der Waals surface area contributed by atoms with Crippen LogP contribution in [-0.2, 0) is 17.8 Å². The van der Waals surface area contributed by atoms with Gasteiger partial charge in [-0.25, -0.2) is 0 Å². The van der Waals surface area contributed by atoms with Crippen LogP contribution < -0.4 is 19.9 Å². The van der Waals surface area contributed by atoms with E-state index in [2.05, 4.69) is 64.5 Å². The van der Waals surface area contributed by atoms with Gasteiger partial charge in [0, 0.05) is 49.4 Å². The first-order valence-electron chi connectivity index (χ1n) is 12.9. The minimum absolute atomic E-state index is 0.0941. The number of nitrogens with zero attached hydrogens (tertiary/aromatic N) is 6. The van der Waals surface area contributed by atoms with Crippen molar-refractivity contribution in [3.8, 4) is 12.1 Å². The SMILES string of the molecule is COc1nc2c(c(N3CCN(C(=O)[C@H]4CN4)[C@@H](CC#N)C3)n1)CCN(c1cccc3cccc(C)c13)C2. The molecule has 9 nitrogen and oxygen atoms in total. The zero-order valence-electron chi connectivity index (χ0n) is 21.3. The van der Waals surface area contributed by atoms with Crippen LogP contribution in [0.5, 0.6) is 6.01 Å². The summed E-state index contributed by atoms with van der Waals surface area (Å²) in [5.74, 6) is 0.971. The van der Waals surface area contributed by atoms with Crippen LogP contribution in [0.4, 0.5) is 11.5 Å². The molecular weight excluding hydrogens is 466 g/mol. The van der Waals surface area contributed by atoms with Gasteiger partial charge in [0.05, 0.1) is 43.9 Å². The number of anilines is 2. The number of amides is 1. The number of carbonyl (C=O) groups is 1. The van der Waals surface area contributed by atoms with Gasteiger partial charge in [0.2, 0.25) is 5.91 Å². The average Bonchev–Trinajstić information content (AvgIpc) is 3.77. The topological polar surface area (TPSA) is 108 Å². The number of benzene rings is 2. The van der Waals surface area contributed by atoms with Gasteiger partial charge in [0.25, 0.3) is 0 Å². The second-order valence-electron chi connectivity index (χ2n) is 10.0. The third-order valence-electron chi connectivity index (χ3n) is 7.74. The van der Waals surface area contributed by atoms with Crippen molar-refractivity contribution < 1.29 is 9.53 Å². The first kappa shape index (κ1) is 23.5. The summed E-state index contributed by atoms with van der Waals surface area (Å²) in [5, 5.41) is 15.1. The molecule has 1 aromatic heterocycles. The van der Waals surface area contributed by atoms with E-state index in [1.165, 1.54) is 22.0 Å². The molecule has 2 fully saturated rings. The Bertz CT molecular complexity index is 1390. The van der Waals surface area contributed by atoms with E-state index in [9.17, 15) is 10.1 Å². The highest BCUT2D eigenvalue weighted by Gasteiger charge is 2.39. The summed E-state index contributed by atoms with van der Waals surface area (Å²) < 4.78 is 5.52. The standard InChI is InChI=1S/C28H31N7O2/c1-18-5-3-6-19-7-4-8-24(25(18)19)33-12-10-21-23(17-33)31-28(37-2)32-26(21)34-13-14-35(20(16-34)9-11-29)27(36)22-15-30-22/h3-8,20,22,30H,9-10,12-17H2,1-2H3/t20-,22+/m0/s1. The van der Waals surface area contributed by atoms with E-state index >= 15 is 0 Å². The minimum atomic E-state index is -0.163. The molecule has 1 amide bonds. The van der Waals surface area contributed by atoms with E-state index in [1.807, 2.05) is 4.90 Å². The fourth-order valence-electron chi connectivity index (χ4n) is 5.77. The van der Waals surface area contributed by atoms with Gasteiger partial charge in [0.15, 0.2) is 0 Å². The zero-order valence-corrected chi connectivity index (χ0v) is 21.3. The Morgan fingerprint density at radius 1 is 1.16 bits per heavy atom. The molecule has 0 saturated carbocycles. The highest BCUT2D eigenvalue weighted by atomic mass is 16.5. The predicted octanol–water partition coefficient (Wildman–Crippen LogP) is 2.41. The number of aryl methyl sites for hydroxylation is 1. The Balaban J connectivity index is 1.31. The molecule has 3 aromatic rings. The number of hydrogen-bond acceptors (Lipinski definition) is 8. The van der Waals surface area contributed by atoms with Crippen molar-refractivity contribution in [2.75, 3.05) is 49.6 Å². The molecule has 6 rings (SSSR count). The third kappa shape index (κ3) is 4.31. The molecule has 1 N–H and O–H groups in total. The molecule has 3 aliphatic rings. The molecule has 0 radical (unpaired) electrons. The number of rotatable bonds is 5. The van der Waals surface area contributed by atoms with E-state index in [-0.39, 0.29) is 18.0 Å². The molecule has 0 spiro atoms. The molecule has 0 aliphatic carbocycles. The van der Waals surface area contributed by atoms with Crippen LogP contribution >= 0.6 is 0 Å². The number of hydrogen-bond donors (Lipinski definition) is 1. The van der Waals surface area contributed by atoms with Crippen molar-refractivity contribution in [2.45, 2.75) is 38.4 Å². The van der Waals surface area contributed by atoms with Crippen LogP contribution in [0.2, 0.25) is 0 Å². The molecule has 4 heterocycles. The number of carbonyl (C=O) groups excluding carboxylic acids is 1. The number of piperazine rings is 1. The average molecular weight is 498 g/mol. The summed E-state index contributed by atoms with van der Waals surface area (Å²) in [7, 11) is 1.60. The van der Waals surface area contributed by atoms with Crippen LogP contribution in [0, 0.1) is 18.3 Å². The summed E-state index contributed by atoms with van der Waals surface area (Å²) in [6.07, 6.45) is 1.11. The lowest BCUT2D eigenvalue weighted by Crippen LogP contribution is -2.57. The van der Waals surface area contributed by atoms with E-state index in [4.69, 9.17) is 14.7 Å². The van der Waals surface area contributed by atoms with Gasteiger partial charge < -0.3 is 24.8 Å². The van der Waals surface area contributed by atoms with Gasteiger partial charge in [0.1, 0.15) is 5.82 Å². The summed E-state index contributed by atoms with van der Waals surface area (Å²) in [6.45, 7) is 6.23. The fraction of sp³-hybridized carbons (Fsp3) is 0.429. The van der Waals surface area contributed by atoms with Crippen LogP contribution in [0.1, 0.15) is 23.2 Å². The lowest BCUT2D eigenvalue weighted by atomic mass is 9.99. The van der Waals surface area contributed by atoms with Gasteiger partial charge >= 0.3 is 6.01 Å². The first-order chi connectivity index (χ1) is 18.1. The van der Waals surface area contributed by atoms with Gasteiger partial charge in [-0.15, -0.1) is 0 Å². The molecule has 2 atom stereocenters. The first-order valence-corrected chi connectivity index (χ1v) is 12.9. The van der Waals surface area contributed by atoms with Crippen LogP contribution in [-0.4, -0.2) is 72.7 Å². The Hall–Kier alpha value is -3.90. The van der Waals surface area contributed by atoms with Crippen LogP contribution in [0.25, 0.3) is 10.8 Å². The maximum absolute atomic E-state index is 12.8. The van der Waals surface area contributed by atoms with Crippen LogP contribution in [0.15, 0.2) is 36.4 Å². The minimum Gasteiger partial charge on any atom is -0.467 e.